The lowest BCUT2D eigenvalue weighted by Gasteiger charge is -2.20. The van der Waals surface area contributed by atoms with E-state index < -0.39 is 53.0 Å². The maximum Gasteiger partial charge on any atom is 0.432 e. The van der Waals surface area contributed by atoms with Gasteiger partial charge >= 0.3 is 6.11 Å². The number of halogens is 7. The molecule has 0 heterocycles. The van der Waals surface area contributed by atoms with Crippen LogP contribution < -0.4 is 4.74 Å². The van der Waals surface area contributed by atoms with Crippen LogP contribution in [0.5, 0.6) is 5.75 Å². The molecule has 0 amide bonds. The van der Waals surface area contributed by atoms with Crippen molar-refractivity contribution in [3.05, 3.63) is 119 Å². The normalized spacial score (nSPS) is 14.4. The molecule has 1 aliphatic rings. The van der Waals surface area contributed by atoms with Crippen LogP contribution in [0.1, 0.15) is 12.0 Å². The van der Waals surface area contributed by atoms with Crippen molar-refractivity contribution in [1.82, 2.24) is 0 Å². The van der Waals surface area contributed by atoms with Crippen LogP contribution in [0.3, 0.4) is 0 Å². The SMILES string of the molecule is FC1=CC(c2ccc(-c3ccccc3)cc2F)=CCC(F)=C1C(F)(F)Oc1ccc(F)c(F)c1. The predicted molar refractivity (Wildman–Crippen MR) is 114 cm³/mol. The van der Waals surface area contributed by atoms with E-state index in [2.05, 4.69) is 4.74 Å². The van der Waals surface area contributed by atoms with Crippen molar-refractivity contribution in [2.75, 3.05) is 0 Å². The maximum atomic E-state index is 14.8. The number of alkyl halides is 2. The van der Waals surface area contributed by atoms with Gasteiger partial charge in [0, 0.05) is 18.1 Å². The van der Waals surface area contributed by atoms with Gasteiger partial charge in [-0.05, 0) is 41.0 Å². The molecule has 0 spiro atoms. The summed E-state index contributed by atoms with van der Waals surface area (Å²) in [5.74, 6) is -7.63. The zero-order valence-corrected chi connectivity index (χ0v) is 17.3. The van der Waals surface area contributed by atoms with Gasteiger partial charge in [0.2, 0.25) is 0 Å². The smallest absolute Gasteiger partial charge is 0.429 e. The molecule has 8 heteroatoms. The van der Waals surface area contributed by atoms with E-state index in [1.54, 1.807) is 36.4 Å². The molecule has 0 fully saturated rings. The summed E-state index contributed by atoms with van der Waals surface area (Å²) in [4.78, 5) is 0. The summed E-state index contributed by atoms with van der Waals surface area (Å²) in [6, 6.07) is 14.5. The Bertz CT molecular complexity index is 1320. The average molecular weight is 476 g/mol. The van der Waals surface area contributed by atoms with Crippen molar-refractivity contribution in [1.29, 1.82) is 0 Å². The molecule has 4 rings (SSSR count). The topological polar surface area (TPSA) is 9.23 Å². The van der Waals surface area contributed by atoms with Crippen molar-refractivity contribution in [3.63, 3.8) is 0 Å². The quantitative estimate of drug-likeness (QED) is 0.337. The maximum absolute atomic E-state index is 14.8. The molecule has 0 unspecified atom stereocenters. The zero-order valence-electron chi connectivity index (χ0n) is 17.3. The Balaban J connectivity index is 1.64. The van der Waals surface area contributed by atoms with Crippen LogP contribution in [0.4, 0.5) is 30.7 Å². The number of hydrogen-bond donors (Lipinski definition) is 0. The van der Waals surface area contributed by atoms with Crippen LogP contribution >= 0.6 is 0 Å². The van der Waals surface area contributed by atoms with Crippen LogP contribution in [-0.4, -0.2) is 6.11 Å². The molecule has 0 aliphatic heterocycles. The molecule has 3 aromatic rings. The molecule has 0 radical (unpaired) electrons. The highest BCUT2D eigenvalue weighted by Gasteiger charge is 2.43. The number of hydrogen-bond acceptors (Lipinski definition) is 1. The Labute approximate surface area is 190 Å². The van der Waals surface area contributed by atoms with Gasteiger partial charge in [0.1, 0.15) is 28.8 Å². The first-order valence-corrected chi connectivity index (χ1v) is 10.00. The summed E-state index contributed by atoms with van der Waals surface area (Å²) in [6.45, 7) is 0. The molecule has 0 saturated heterocycles. The van der Waals surface area contributed by atoms with Crippen molar-refractivity contribution in [2.24, 2.45) is 0 Å². The van der Waals surface area contributed by atoms with Crippen molar-refractivity contribution in [2.45, 2.75) is 12.5 Å². The molecule has 34 heavy (non-hydrogen) atoms. The summed E-state index contributed by atoms with van der Waals surface area (Å²) in [5, 5.41) is 0. The summed E-state index contributed by atoms with van der Waals surface area (Å²) in [6.07, 6.45) is -3.69. The first-order valence-electron chi connectivity index (χ1n) is 10.00. The minimum Gasteiger partial charge on any atom is -0.429 e. The Kier molecular flexibility index (Phi) is 6.32. The van der Waals surface area contributed by atoms with Gasteiger partial charge in [-0.25, -0.2) is 22.0 Å². The Morgan fingerprint density at radius 2 is 1.44 bits per heavy atom. The molecule has 0 saturated carbocycles. The van der Waals surface area contributed by atoms with Crippen LogP contribution in [0, 0.1) is 17.5 Å². The van der Waals surface area contributed by atoms with Gasteiger partial charge in [0.05, 0.1) is 0 Å². The van der Waals surface area contributed by atoms with Crippen LogP contribution in [0.25, 0.3) is 16.7 Å². The van der Waals surface area contributed by atoms with Crippen LogP contribution in [0.15, 0.2) is 96.1 Å². The van der Waals surface area contributed by atoms with E-state index in [9.17, 15) is 30.7 Å². The van der Waals surface area contributed by atoms with Crippen LogP contribution in [0.2, 0.25) is 0 Å². The molecule has 0 bridgehead atoms. The number of allylic oxidation sites excluding steroid dienone is 4. The van der Waals surface area contributed by atoms with E-state index in [0.29, 0.717) is 29.8 Å². The monoisotopic (exact) mass is 476 g/mol. The van der Waals surface area contributed by atoms with E-state index in [4.69, 9.17) is 0 Å². The second-order valence-corrected chi connectivity index (χ2v) is 7.39. The van der Waals surface area contributed by atoms with Gasteiger partial charge in [-0.2, -0.15) is 8.78 Å². The lowest BCUT2D eigenvalue weighted by molar-refractivity contribution is -0.143. The molecular formula is C26H15F7O. The van der Waals surface area contributed by atoms with Gasteiger partial charge < -0.3 is 4.74 Å². The van der Waals surface area contributed by atoms with Crippen molar-refractivity contribution < 1.29 is 35.5 Å². The van der Waals surface area contributed by atoms with E-state index in [-0.39, 0.29) is 11.1 Å². The highest BCUT2D eigenvalue weighted by atomic mass is 19.3. The molecular weight excluding hydrogens is 461 g/mol. The Morgan fingerprint density at radius 1 is 0.706 bits per heavy atom. The van der Waals surface area contributed by atoms with Gasteiger partial charge in [-0.1, -0.05) is 48.5 Å². The number of rotatable bonds is 5. The largest absolute Gasteiger partial charge is 0.432 e. The van der Waals surface area contributed by atoms with Gasteiger partial charge in [-0.15, -0.1) is 0 Å². The number of ether oxygens (including phenoxy) is 1. The lowest BCUT2D eigenvalue weighted by atomic mass is 9.99. The third kappa shape index (κ3) is 4.76. The third-order valence-electron chi connectivity index (χ3n) is 5.11. The van der Waals surface area contributed by atoms with Gasteiger partial charge in [0.15, 0.2) is 11.6 Å². The Morgan fingerprint density at radius 3 is 2.12 bits per heavy atom. The predicted octanol–water partition coefficient (Wildman–Crippen LogP) is 8.31. The fourth-order valence-corrected chi connectivity index (χ4v) is 3.48. The Hall–Kier alpha value is -3.81. The summed E-state index contributed by atoms with van der Waals surface area (Å²) in [7, 11) is 0. The summed E-state index contributed by atoms with van der Waals surface area (Å²) in [5.41, 5.74) is -0.715. The first-order chi connectivity index (χ1) is 16.2. The molecule has 1 nitrogen and oxygen atoms in total. The average Bonchev–Trinajstić information content (AvgIpc) is 2.94. The zero-order chi connectivity index (χ0) is 24.5. The van der Waals surface area contributed by atoms with E-state index >= 15 is 0 Å². The minimum absolute atomic E-state index is 0.117. The second kappa shape index (κ2) is 9.21. The third-order valence-corrected chi connectivity index (χ3v) is 5.11. The van der Waals surface area contributed by atoms with Gasteiger partial charge in [-0.3, -0.25) is 0 Å². The van der Waals surface area contributed by atoms with E-state index in [1.807, 2.05) is 0 Å². The molecule has 0 N–H and O–H groups in total. The summed E-state index contributed by atoms with van der Waals surface area (Å²) >= 11 is 0. The molecule has 0 aromatic heterocycles. The molecule has 3 aromatic carbocycles. The fourth-order valence-electron chi connectivity index (χ4n) is 3.48. The summed E-state index contributed by atoms with van der Waals surface area (Å²) < 4.78 is 104. The molecule has 1 aliphatic carbocycles. The van der Waals surface area contributed by atoms with Crippen molar-refractivity contribution in [3.8, 4) is 16.9 Å². The van der Waals surface area contributed by atoms with Crippen molar-refractivity contribution >= 4 is 5.57 Å². The van der Waals surface area contributed by atoms with Gasteiger partial charge in [0.25, 0.3) is 0 Å². The standard InChI is InChI=1S/C26H15F7O/c27-20-11-8-18(14-23(20)30)34-26(32,33)25-21(28)10-7-17(13-24(25)31)19-9-6-16(12-22(19)29)15-4-2-1-3-5-15/h1-9,11-14H,10H2. The highest BCUT2D eigenvalue weighted by molar-refractivity contribution is 5.78. The molecule has 174 valence electrons. The second-order valence-electron chi connectivity index (χ2n) is 7.39. The minimum atomic E-state index is -4.56. The lowest BCUT2D eigenvalue weighted by Crippen LogP contribution is -2.29. The van der Waals surface area contributed by atoms with E-state index in [1.165, 1.54) is 12.1 Å². The van der Waals surface area contributed by atoms with Crippen LogP contribution in [-0.2, 0) is 0 Å². The fraction of sp³-hybridized carbons (Fsp3) is 0.0769. The number of benzene rings is 3. The molecule has 0 atom stereocenters. The van der Waals surface area contributed by atoms with E-state index in [0.717, 1.165) is 11.6 Å². The highest BCUT2D eigenvalue weighted by Crippen LogP contribution is 2.41. The first kappa shape index (κ1) is 23.4.